The van der Waals surface area contributed by atoms with Crippen molar-refractivity contribution in [3.8, 4) is 0 Å². The van der Waals surface area contributed by atoms with E-state index in [9.17, 15) is 9.90 Å². The molecule has 2 fully saturated rings. The highest BCUT2D eigenvalue weighted by atomic mass is 16.5. The Balaban J connectivity index is 1.90. The van der Waals surface area contributed by atoms with Crippen LogP contribution in [0.3, 0.4) is 0 Å². The molecule has 2 aliphatic heterocycles. The average Bonchev–Trinajstić information content (AvgIpc) is 2.40. The predicted octanol–water partition coefficient (Wildman–Crippen LogP) is 2.24. The molecule has 0 atom stereocenters. The van der Waals surface area contributed by atoms with Gasteiger partial charge in [-0.15, -0.1) is 0 Å². The second kappa shape index (κ2) is 6.23. The Bertz CT molecular complexity index is 303. The Morgan fingerprint density at radius 1 is 1.32 bits per heavy atom. The number of aliphatic carboxylic acids is 1. The van der Waals surface area contributed by atoms with Crippen molar-refractivity contribution in [3.63, 3.8) is 0 Å². The number of carboxylic acid groups (broad SMARTS) is 1. The summed E-state index contributed by atoms with van der Waals surface area (Å²) in [5.41, 5.74) is -0.567. The summed E-state index contributed by atoms with van der Waals surface area (Å²) >= 11 is 0. The highest BCUT2D eigenvalue weighted by Gasteiger charge is 2.42. The summed E-state index contributed by atoms with van der Waals surface area (Å²) in [4.78, 5) is 14.0. The zero-order valence-corrected chi connectivity index (χ0v) is 12.2. The summed E-state index contributed by atoms with van der Waals surface area (Å²) in [6.45, 7) is 8.58. The van der Waals surface area contributed by atoms with E-state index in [1.807, 2.05) is 0 Å². The molecule has 1 N–H and O–H groups in total. The van der Waals surface area contributed by atoms with Crippen LogP contribution in [-0.2, 0) is 9.53 Å². The van der Waals surface area contributed by atoms with Crippen molar-refractivity contribution in [2.24, 2.45) is 17.3 Å². The zero-order valence-electron chi connectivity index (χ0n) is 12.2. The summed E-state index contributed by atoms with van der Waals surface area (Å²) < 4.78 is 5.33. The van der Waals surface area contributed by atoms with Crippen molar-refractivity contribution in [1.82, 2.24) is 4.90 Å². The molecular weight excluding hydrogens is 242 g/mol. The van der Waals surface area contributed by atoms with E-state index in [2.05, 4.69) is 18.7 Å². The first-order valence-corrected chi connectivity index (χ1v) is 7.57. The number of carboxylic acids is 1. The van der Waals surface area contributed by atoms with E-state index in [-0.39, 0.29) is 0 Å². The van der Waals surface area contributed by atoms with Gasteiger partial charge < -0.3 is 14.7 Å². The predicted molar refractivity (Wildman–Crippen MR) is 74.1 cm³/mol. The molecule has 0 aromatic carbocycles. The zero-order chi connectivity index (χ0) is 13.9. The van der Waals surface area contributed by atoms with Crippen molar-refractivity contribution in [2.45, 2.75) is 39.5 Å². The Labute approximate surface area is 116 Å². The summed E-state index contributed by atoms with van der Waals surface area (Å²) in [6.07, 6.45) is 3.74. The molecule has 0 aromatic heterocycles. The van der Waals surface area contributed by atoms with Crippen molar-refractivity contribution in [3.05, 3.63) is 0 Å². The van der Waals surface area contributed by atoms with Gasteiger partial charge in [-0.3, -0.25) is 4.79 Å². The molecule has 0 bridgehead atoms. The number of carbonyl (C=O) groups is 1. The fourth-order valence-corrected chi connectivity index (χ4v) is 3.41. The minimum atomic E-state index is -0.637. The van der Waals surface area contributed by atoms with Gasteiger partial charge >= 0.3 is 5.97 Å². The van der Waals surface area contributed by atoms with Crippen molar-refractivity contribution in [2.75, 3.05) is 32.8 Å². The molecule has 4 heteroatoms. The average molecular weight is 269 g/mol. The van der Waals surface area contributed by atoms with Crippen LogP contribution in [0.25, 0.3) is 0 Å². The fraction of sp³-hybridized carbons (Fsp3) is 0.933. The Hall–Kier alpha value is -0.610. The van der Waals surface area contributed by atoms with Gasteiger partial charge in [-0.2, -0.15) is 0 Å². The van der Waals surface area contributed by atoms with Crippen LogP contribution in [0.4, 0.5) is 0 Å². The number of piperidine rings is 1. The van der Waals surface area contributed by atoms with E-state index < -0.39 is 11.4 Å². The van der Waals surface area contributed by atoms with Crippen LogP contribution in [0, 0.1) is 17.3 Å². The van der Waals surface area contributed by atoms with Gasteiger partial charge in [0, 0.05) is 19.8 Å². The smallest absolute Gasteiger partial charge is 0.311 e. The van der Waals surface area contributed by atoms with Crippen LogP contribution in [0.15, 0.2) is 0 Å². The number of nitrogens with zero attached hydrogens (tertiary/aromatic N) is 1. The maximum atomic E-state index is 11.6. The van der Waals surface area contributed by atoms with Gasteiger partial charge in [0.05, 0.1) is 5.41 Å². The van der Waals surface area contributed by atoms with Crippen LogP contribution in [-0.4, -0.2) is 48.8 Å². The molecule has 0 radical (unpaired) electrons. The van der Waals surface area contributed by atoms with E-state index in [1.165, 1.54) is 12.8 Å². The molecule has 110 valence electrons. The lowest BCUT2D eigenvalue weighted by molar-refractivity contribution is -0.157. The fourth-order valence-electron chi connectivity index (χ4n) is 3.41. The lowest BCUT2D eigenvalue weighted by Crippen LogP contribution is -2.49. The first-order valence-electron chi connectivity index (χ1n) is 7.57. The molecule has 2 rings (SSSR count). The molecular formula is C15H27NO3. The standard InChI is InChI=1S/C15H27NO3/c1-12(2)13-3-7-16(8-4-13)11-15(14(17)18)5-9-19-10-6-15/h12-13H,3-11H2,1-2H3,(H,17,18). The van der Waals surface area contributed by atoms with Crippen molar-refractivity contribution >= 4 is 5.97 Å². The summed E-state index contributed by atoms with van der Waals surface area (Å²) in [7, 11) is 0. The molecule has 19 heavy (non-hydrogen) atoms. The van der Waals surface area contributed by atoms with E-state index in [4.69, 9.17) is 4.74 Å². The van der Waals surface area contributed by atoms with Crippen LogP contribution in [0.2, 0.25) is 0 Å². The highest BCUT2D eigenvalue weighted by Crippen LogP contribution is 2.34. The number of hydrogen-bond donors (Lipinski definition) is 1. The first-order chi connectivity index (χ1) is 9.03. The highest BCUT2D eigenvalue weighted by molar-refractivity contribution is 5.75. The Kier molecular flexibility index (Phi) is 4.85. The lowest BCUT2D eigenvalue weighted by atomic mass is 9.78. The molecule has 0 amide bonds. The summed E-state index contributed by atoms with van der Waals surface area (Å²) in [5.74, 6) is 0.923. The topological polar surface area (TPSA) is 49.8 Å². The van der Waals surface area contributed by atoms with Crippen molar-refractivity contribution < 1.29 is 14.6 Å². The second-order valence-corrected chi connectivity index (χ2v) is 6.56. The van der Waals surface area contributed by atoms with E-state index in [0.29, 0.717) is 32.6 Å². The van der Waals surface area contributed by atoms with E-state index >= 15 is 0 Å². The number of rotatable bonds is 4. The number of hydrogen-bond acceptors (Lipinski definition) is 3. The molecule has 2 saturated heterocycles. The third-order valence-corrected chi connectivity index (χ3v) is 5.00. The third-order valence-electron chi connectivity index (χ3n) is 5.00. The normalized spacial score (nSPS) is 25.6. The van der Waals surface area contributed by atoms with Crippen molar-refractivity contribution in [1.29, 1.82) is 0 Å². The summed E-state index contributed by atoms with van der Waals surface area (Å²) in [5, 5.41) is 9.58. The Morgan fingerprint density at radius 2 is 1.89 bits per heavy atom. The maximum Gasteiger partial charge on any atom is 0.311 e. The third kappa shape index (κ3) is 3.48. The molecule has 2 aliphatic rings. The van der Waals surface area contributed by atoms with Crippen LogP contribution in [0.5, 0.6) is 0 Å². The SMILES string of the molecule is CC(C)C1CCN(CC2(C(=O)O)CCOCC2)CC1. The monoisotopic (exact) mass is 269 g/mol. The first kappa shape index (κ1) is 14.8. The number of ether oxygens (including phenoxy) is 1. The number of likely N-dealkylation sites (tertiary alicyclic amines) is 1. The van der Waals surface area contributed by atoms with Gasteiger partial charge in [-0.25, -0.2) is 0 Å². The minimum Gasteiger partial charge on any atom is -0.481 e. The minimum absolute atomic E-state index is 0.567. The molecule has 0 saturated carbocycles. The van der Waals surface area contributed by atoms with E-state index in [0.717, 1.165) is 24.9 Å². The quantitative estimate of drug-likeness (QED) is 0.850. The molecule has 0 unspecified atom stereocenters. The van der Waals surface area contributed by atoms with Gasteiger partial charge in [-0.1, -0.05) is 13.8 Å². The van der Waals surface area contributed by atoms with Gasteiger partial charge in [0.25, 0.3) is 0 Å². The molecule has 2 heterocycles. The van der Waals surface area contributed by atoms with Crippen LogP contribution >= 0.6 is 0 Å². The Morgan fingerprint density at radius 3 is 2.37 bits per heavy atom. The van der Waals surface area contributed by atoms with Crippen LogP contribution in [0.1, 0.15) is 39.5 Å². The maximum absolute atomic E-state index is 11.6. The van der Waals surface area contributed by atoms with Gasteiger partial charge in [0.2, 0.25) is 0 Å². The molecule has 0 aromatic rings. The largest absolute Gasteiger partial charge is 0.481 e. The second-order valence-electron chi connectivity index (χ2n) is 6.56. The molecule has 0 aliphatic carbocycles. The molecule has 4 nitrogen and oxygen atoms in total. The molecule has 0 spiro atoms. The summed E-state index contributed by atoms with van der Waals surface area (Å²) in [6, 6.07) is 0. The van der Waals surface area contributed by atoms with Crippen LogP contribution < -0.4 is 0 Å². The van der Waals surface area contributed by atoms with Gasteiger partial charge in [-0.05, 0) is 50.6 Å². The van der Waals surface area contributed by atoms with Gasteiger partial charge in [0.15, 0.2) is 0 Å². The lowest BCUT2D eigenvalue weighted by Gasteiger charge is -2.41. The van der Waals surface area contributed by atoms with Gasteiger partial charge in [0.1, 0.15) is 0 Å². The van der Waals surface area contributed by atoms with E-state index in [1.54, 1.807) is 0 Å².